The summed E-state index contributed by atoms with van der Waals surface area (Å²) in [5.74, 6) is 0.977. The molecule has 1 saturated carbocycles. The van der Waals surface area contributed by atoms with E-state index in [2.05, 4.69) is 92.7 Å². The van der Waals surface area contributed by atoms with E-state index < -0.39 is 0 Å². The quantitative estimate of drug-likeness (QED) is 0.488. The maximum atomic E-state index is 3.93. The van der Waals surface area contributed by atoms with Crippen molar-refractivity contribution in [2.45, 2.75) is 96.6 Å². The molecule has 166 valence electrons. The summed E-state index contributed by atoms with van der Waals surface area (Å²) in [6.07, 6.45) is 9.54. The first-order valence-corrected chi connectivity index (χ1v) is 12.6. The minimum Gasteiger partial charge on any atom is -0.338 e. The van der Waals surface area contributed by atoms with Crippen LogP contribution in [0.4, 0.5) is 5.69 Å². The number of nitrogens with zero attached hydrogens (tertiary/aromatic N) is 2. The van der Waals surface area contributed by atoms with Gasteiger partial charge >= 0.3 is 0 Å². The Kier molecular flexibility index (Phi) is 7.38. The highest BCUT2D eigenvalue weighted by molar-refractivity contribution is 5.65. The molecule has 2 aromatic rings. The molecular formula is C29H40N2. The van der Waals surface area contributed by atoms with Gasteiger partial charge in [0, 0.05) is 18.3 Å². The smallest absolute Gasteiger partial charge is 0.178 e. The minimum atomic E-state index is 0.323. The molecule has 0 N–H and O–H groups in total. The largest absolute Gasteiger partial charge is 0.338 e. The second-order valence-corrected chi connectivity index (χ2v) is 10.1. The van der Waals surface area contributed by atoms with Gasteiger partial charge in [-0.15, -0.1) is 0 Å². The fraction of sp³-hybridized carbons (Fsp3) is 0.552. The first-order valence-electron chi connectivity index (χ1n) is 12.6. The molecule has 1 saturated heterocycles. The molecule has 1 heterocycles. The van der Waals surface area contributed by atoms with Gasteiger partial charge in [-0.1, -0.05) is 108 Å². The van der Waals surface area contributed by atoms with Crippen LogP contribution in [0.3, 0.4) is 0 Å². The SMILES string of the molecule is CC(C)c1cccc(C(C)C)c1N1[C]N(C2CCCCCCC2)CC1c1ccccc1. The third-order valence-electron chi connectivity index (χ3n) is 7.20. The number of benzene rings is 2. The van der Waals surface area contributed by atoms with Crippen LogP contribution in [-0.2, 0) is 0 Å². The summed E-state index contributed by atoms with van der Waals surface area (Å²) in [4.78, 5) is 5.09. The number of hydrogen-bond donors (Lipinski definition) is 0. The Hall–Kier alpha value is -1.80. The Balaban J connectivity index is 1.74. The number of hydrogen-bond acceptors (Lipinski definition) is 2. The van der Waals surface area contributed by atoms with Crippen molar-refractivity contribution >= 4 is 5.69 Å². The average molecular weight is 417 g/mol. The molecule has 4 rings (SSSR count). The Labute approximate surface area is 190 Å². The summed E-state index contributed by atoms with van der Waals surface area (Å²) >= 11 is 0. The van der Waals surface area contributed by atoms with Crippen molar-refractivity contribution in [3.8, 4) is 0 Å². The van der Waals surface area contributed by atoms with Crippen LogP contribution in [0.15, 0.2) is 48.5 Å². The first-order chi connectivity index (χ1) is 15.1. The molecule has 1 unspecified atom stereocenters. The van der Waals surface area contributed by atoms with Gasteiger partial charge < -0.3 is 4.90 Å². The number of anilines is 1. The van der Waals surface area contributed by atoms with Crippen LogP contribution >= 0.6 is 0 Å². The molecule has 0 bridgehead atoms. The normalized spacial score (nSPS) is 21.6. The summed E-state index contributed by atoms with van der Waals surface area (Å²) < 4.78 is 0. The standard InChI is InChI=1S/C29H40N2/c1-22(2)26-18-13-19-27(23(3)4)29(26)31-21-30(25-16-11-6-5-7-12-17-25)20-28(31)24-14-9-8-10-15-24/h8-10,13-15,18-19,22-23,25,28H,5-7,11-12,16-17,20H2,1-4H3. The molecule has 2 fully saturated rings. The first kappa shape index (κ1) is 22.4. The lowest BCUT2D eigenvalue weighted by Gasteiger charge is -2.32. The summed E-state index contributed by atoms with van der Waals surface area (Å²) in [7, 11) is 0. The van der Waals surface area contributed by atoms with Crippen molar-refractivity contribution < 1.29 is 0 Å². The van der Waals surface area contributed by atoms with E-state index in [4.69, 9.17) is 0 Å². The van der Waals surface area contributed by atoms with E-state index in [1.54, 1.807) is 0 Å². The molecule has 31 heavy (non-hydrogen) atoms. The van der Waals surface area contributed by atoms with Crippen molar-refractivity contribution in [1.82, 2.24) is 4.90 Å². The van der Waals surface area contributed by atoms with Gasteiger partial charge in [0.2, 0.25) is 0 Å². The Bertz CT molecular complexity index is 792. The molecule has 1 aliphatic heterocycles. The van der Waals surface area contributed by atoms with Crippen molar-refractivity contribution in [2.75, 3.05) is 11.4 Å². The van der Waals surface area contributed by atoms with Crippen LogP contribution in [-0.4, -0.2) is 17.5 Å². The van der Waals surface area contributed by atoms with E-state index in [1.807, 2.05) is 0 Å². The minimum absolute atomic E-state index is 0.323. The molecule has 2 nitrogen and oxygen atoms in total. The Morgan fingerprint density at radius 2 is 1.32 bits per heavy atom. The zero-order valence-corrected chi connectivity index (χ0v) is 20.0. The van der Waals surface area contributed by atoms with Crippen molar-refractivity contribution in [2.24, 2.45) is 0 Å². The summed E-state index contributed by atoms with van der Waals surface area (Å²) in [5, 5.41) is 0. The average Bonchev–Trinajstić information content (AvgIpc) is 3.18. The zero-order chi connectivity index (χ0) is 21.8. The van der Waals surface area contributed by atoms with E-state index >= 15 is 0 Å². The lowest BCUT2D eigenvalue weighted by Crippen LogP contribution is -2.32. The van der Waals surface area contributed by atoms with E-state index in [9.17, 15) is 0 Å². The lowest BCUT2D eigenvalue weighted by molar-refractivity contribution is 0.228. The predicted octanol–water partition coefficient (Wildman–Crippen LogP) is 7.91. The third-order valence-corrected chi connectivity index (χ3v) is 7.20. The predicted molar refractivity (Wildman–Crippen MR) is 132 cm³/mol. The maximum absolute atomic E-state index is 3.93. The van der Waals surface area contributed by atoms with E-state index in [-0.39, 0.29) is 0 Å². The van der Waals surface area contributed by atoms with Gasteiger partial charge in [-0.25, -0.2) is 0 Å². The van der Waals surface area contributed by atoms with Gasteiger partial charge in [0.1, 0.15) is 0 Å². The molecule has 1 aliphatic carbocycles. The van der Waals surface area contributed by atoms with Crippen molar-refractivity contribution in [3.63, 3.8) is 0 Å². The van der Waals surface area contributed by atoms with E-state index in [0.29, 0.717) is 23.9 Å². The second-order valence-electron chi connectivity index (χ2n) is 10.1. The fourth-order valence-electron chi connectivity index (χ4n) is 5.42. The second kappa shape index (κ2) is 10.2. The van der Waals surface area contributed by atoms with Gasteiger partial charge in [-0.05, 0) is 41.4 Å². The number of para-hydroxylation sites is 1. The van der Waals surface area contributed by atoms with Crippen LogP contribution in [0.25, 0.3) is 0 Å². The van der Waals surface area contributed by atoms with Crippen LogP contribution < -0.4 is 4.90 Å². The monoisotopic (exact) mass is 416 g/mol. The molecule has 2 heteroatoms. The highest BCUT2D eigenvalue weighted by Gasteiger charge is 2.38. The fourth-order valence-corrected chi connectivity index (χ4v) is 5.42. The van der Waals surface area contributed by atoms with Crippen LogP contribution in [0.2, 0.25) is 0 Å². The van der Waals surface area contributed by atoms with Gasteiger partial charge in [0.25, 0.3) is 0 Å². The van der Waals surface area contributed by atoms with E-state index in [0.717, 1.165) is 6.54 Å². The molecule has 0 aromatic heterocycles. The summed E-state index contributed by atoms with van der Waals surface area (Å²) in [5.41, 5.74) is 5.68. The highest BCUT2D eigenvalue weighted by Crippen LogP contribution is 2.44. The van der Waals surface area contributed by atoms with Crippen LogP contribution in [0.1, 0.15) is 107 Å². The number of rotatable bonds is 5. The summed E-state index contributed by atoms with van der Waals surface area (Å²) in [6, 6.07) is 18.9. The molecule has 2 aliphatic rings. The van der Waals surface area contributed by atoms with Gasteiger partial charge in [-0.3, -0.25) is 4.90 Å². The highest BCUT2D eigenvalue weighted by atomic mass is 15.4. The van der Waals surface area contributed by atoms with Gasteiger partial charge in [-0.2, -0.15) is 0 Å². The van der Waals surface area contributed by atoms with Crippen LogP contribution in [0.5, 0.6) is 0 Å². The van der Waals surface area contributed by atoms with Crippen LogP contribution in [0, 0.1) is 6.67 Å². The van der Waals surface area contributed by atoms with E-state index in [1.165, 1.54) is 67.3 Å². The topological polar surface area (TPSA) is 6.48 Å². The maximum Gasteiger partial charge on any atom is 0.178 e. The lowest BCUT2D eigenvalue weighted by atomic mass is 9.91. The Morgan fingerprint density at radius 3 is 1.90 bits per heavy atom. The van der Waals surface area contributed by atoms with Crippen molar-refractivity contribution in [3.05, 3.63) is 71.9 Å². The van der Waals surface area contributed by atoms with Gasteiger partial charge in [0.15, 0.2) is 6.67 Å². The molecule has 0 amide bonds. The molecule has 1 atom stereocenters. The molecular weight excluding hydrogens is 376 g/mol. The molecule has 2 radical (unpaired) electrons. The zero-order valence-electron chi connectivity index (χ0n) is 20.0. The molecule has 0 spiro atoms. The molecule has 2 aromatic carbocycles. The van der Waals surface area contributed by atoms with Crippen molar-refractivity contribution in [1.29, 1.82) is 0 Å². The third kappa shape index (κ3) is 5.00. The van der Waals surface area contributed by atoms with Gasteiger partial charge in [0.05, 0.1) is 6.04 Å². The Morgan fingerprint density at radius 1 is 0.742 bits per heavy atom. The summed E-state index contributed by atoms with van der Waals surface area (Å²) in [6.45, 7) is 14.3.